The third kappa shape index (κ3) is 4.78. The maximum absolute atomic E-state index is 5.69. The lowest BCUT2D eigenvalue weighted by Gasteiger charge is -2.48. The van der Waals surface area contributed by atoms with Crippen molar-refractivity contribution in [3.05, 3.63) is 0 Å². The molecule has 2 saturated carbocycles. The highest BCUT2D eigenvalue weighted by molar-refractivity contribution is 5.11. The molecule has 9 unspecified atom stereocenters. The molecule has 0 radical (unpaired) electrons. The Morgan fingerprint density at radius 3 is 2.14 bits per heavy atom. The van der Waals surface area contributed by atoms with Crippen LogP contribution in [0, 0.1) is 40.9 Å². The average Bonchev–Trinajstić information content (AvgIpc) is 3.19. The number of hydrogen-bond acceptors (Lipinski definition) is 3. The largest absolute Gasteiger partial charge is 0.356 e. The van der Waals surface area contributed by atoms with Crippen LogP contribution in [0.15, 0.2) is 0 Å². The van der Waals surface area contributed by atoms with Crippen LogP contribution in [0.4, 0.5) is 0 Å². The molecule has 166 valence electrons. The predicted octanol–water partition coefficient (Wildman–Crippen LogP) is 6.12. The zero-order chi connectivity index (χ0) is 21.3. The molecule has 0 saturated heterocycles. The summed E-state index contributed by atoms with van der Waals surface area (Å²) < 4.78 is 11.4. The summed E-state index contributed by atoms with van der Waals surface area (Å²) in [4.78, 5) is 0. The summed E-state index contributed by atoms with van der Waals surface area (Å²) in [6.45, 7) is 19.4. The Morgan fingerprint density at radius 1 is 1.00 bits per heavy atom. The van der Waals surface area contributed by atoms with E-state index in [1.807, 2.05) is 0 Å². The van der Waals surface area contributed by atoms with Crippen molar-refractivity contribution in [2.75, 3.05) is 14.2 Å². The first-order valence-electron chi connectivity index (χ1n) is 11.9. The number of rotatable bonds is 10. The molecule has 3 nitrogen and oxygen atoms in total. The summed E-state index contributed by atoms with van der Waals surface area (Å²) in [5, 5.41) is 4.08. The Balaban J connectivity index is 2.00. The molecule has 1 N–H and O–H groups in total. The minimum absolute atomic E-state index is 0.0644. The van der Waals surface area contributed by atoms with E-state index in [0.717, 1.165) is 17.8 Å². The van der Waals surface area contributed by atoms with Crippen molar-refractivity contribution in [1.29, 1.82) is 0 Å². The van der Waals surface area contributed by atoms with E-state index in [1.165, 1.54) is 32.1 Å². The van der Waals surface area contributed by atoms with Crippen molar-refractivity contribution in [1.82, 2.24) is 5.32 Å². The number of hydrogen-bond donors (Lipinski definition) is 1. The average molecular weight is 396 g/mol. The van der Waals surface area contributed by atoms with Gasteiger partial charge in [0, 0.05) is 31.7 Å². The molecule has 2 fully saturated rings. The Morgan fingerprint density at radius 2 is 1.61 bits per heavy atom. The van der Waals surface area contributed by atoms with Crippen LogP contribution in [0.1, 0.15) is 87.5 Å². The van der Waals surface area contributed by atoms with Crippen molar-refractivity contribution >= 4 is 0 Å². The molecular weight excluding hydrogens is 346 g/mol. The van der Waals surface area contributed by atoms with Gasteiger partial charge in [-0.05, 0) is 74.5 Å². The standard InChI is InChI=1S/C25H49NO2/c1-11-12-24(7)21(22(24)23(27-9)28-10)17(3)14-20(6)26-25(8)15-18(4)16(2)13-19(25)5/h16-23,26H,11-15H2,1-10H3. The first-order chi connectivity index (χ1) is 13.0. The van der Waals surface area contributed by atoms with Crippen molar-refractivity contribution in [2.24, 2.45) is 40.9 Å². The molecule has 0 amide bonds. The van der Waals surface area contributed by atoms with Gasteiger partial charge in [-0.25, -0.2) is 0 Å². The molecule has 2 aliphatic rings. The minimum Gasteiger partial charge on any atom is -0.356 e. The van der Waals surface area contributed by atoms with Crippen LogP contribution in [0.5, 0.6) is 0 Å². The van der Waals surface area contributed by atoms with Crippen molar-refractivity contribution < 1.29 is 9.47 Å². The quantitative estimate of drug-likeness (QED) is 0.452. The van der Waals surface area contributed by atoms with Gasteiger partial charge in [-0.3, -0.25) is 0 Å². The second kappa shape index (κ2) is 9.35. The number of methoxy groups -OCH3 is 2. The molecule has 28 heavy (non-hydrogen) atoms. The highest BCUT2D eigenvalue weighted by atomic mass is 16.7. The maximum Gasteiger partial charge on any atom is 0.160 e. The maximum atomic E-state index is 5.69. The summed E-state index contributed by atoms with van der Waals surface area (Å²) in [6.07, 6.45) is 6.30. The fourth-order valence-corrected chi connectivity index (χ4v) is 7.03. The van der Waals surface area contributed by atoms with Crippen LogP contribution in [-0.2, 0) is 9.47 Å². The smallest absolute Gasteiger partial charge is 0.160 e. The molecule has 9 atom stereocenters. The first-order valence-corrected chi connectivity index (χ1v) is 11.9. The third-order valence-corrected chi connectivity index (χ3v) is 8.79. The van der Waals surface area contributed by atoms with Gasteiger partial charge in [0.2, 0.25) is 0 Å². The zero-order valence-corrected chi connectivity index (χ0v) is 20.5. The Hall–Kier alpha value is -0.120. The molecule has 3 heteroatoms. The summed E-state index contributed by atoms with van der Waals surface area (Å²) in [5.74, 6) is 4.29. The van der Waals surface area contributed by atoms with Crippen LogP contribution in [0.3, 0.4) is 0 Å². The van der Waals surface area contributed by atoms with Gasteiger partial charge < -0.3 is 14.8 Å². The normalized spacial score (nSPS) is 43.2. The van der Waals surface area contributed by atoms with E-state index in [4.69, 9.17) is 9.47 Å². The first kappa shape index (κ1) is 24.2. The summed E-state index contributed by atoms with van der Waals surface area (Å²) >= 11 is 0. The fourth-order valence-electron chi connectivity index (χ4n) is 7.03. The lowest BCUT2D eigenvalue weighted by atomic mass is 9.66. The molecule has 0 heterocycles. The lowest BCUT2D eigenvalue weighted by Crippen LogP contribution is -2.56. The topological polar surface area (TPSA) is 30.5 Å². The number of ether oxygens (including phenoxy) is 2. The molecule has 0 bridgehead atoms. The van der Waals surface area contributed by atoms with E-state index in [9.17, 15) is 0 Å². The molecule has 0 spiro atoms. The molecule has 0 aromatic rings. The Bertz CT molecular complexity index is 493. The van der Waals surface area contributed by atoms with Gasteiger partial charge in [0.1, 0.15) is 0 Å². The molecule has 0 aromatic heterocycles. The monoisotopic (exact) mass is 395 g/mol. The molecule has 0 aromatic carbocycles. The second-order valence-electron chi connectivity index (χ2n) is 11.1. The van der Waals surface area contributed by atoms with Gasteiger partial charge >= 0.3 is 0 Å². The highest BCUT2D eigenvalue weighted by Crippen LogP contribution is 2.67. The second-order valence-corrected chi connectivity index (χ2v) is 11.1. The summed E-state index contributed by atoms with van der Waals surface area (Å²) in [5.41, 5.74) is 0.624. The summed E-state index contributed by atoms with van der Waals surface area (Å²) in [6, 6.07) is 0.540. The van der Waals surface area contributed by atoms with Crippen LogP contribution in [0.2, 0.25) is 0 Å². The Labute approximate surface area is 175 Å². The molecular formula is C25H49NO2. The minimum atomic E-state index is -0.0644. The molecule has 2 rings (SSSR count). The molecule has 0 aliphatic heterocycles. The highest BCUT2D eigenvalue weighted by Gasteiger charge is 2.65. The van der Waals surface area contributed by atoms with E-state index in [2.05, 4.69) is 60.7 Å². The van der Waals surface area contributed by atoms with E-state index >= 15 is 0 Å². The van der Waals surface area contributed by atoms with Crippen molar-refractivity contribution in [3.8, 4) is 0 Å². The van der Waals surface area contributed by atoms with E-state index in [-0.39, 0.29) is 11.8 Å². The third-order valence-electron chi connectivity index (χ3n) is 8.79. The van der Waals surface area contributed by atoms with Crippen LogP contribution >= 0.6 is 0 Å². The molecule has 2 aliphatic carbocycles. The van der Waals surface area contributed by atoms with E-state index in [0.29, 0.717) is 29.2 Å². The van der Waals surface area contributed by atoms with E-state index in [1.54, 1.807) is 14.2 Å². The van der Waals surface area contributed by atoms with Gasteiger partial charge in [-0.1, -0.05) is 48.0 Å². The van der Waals surface area contributed by atoms with E-state index < -0.39 is 0 Å². The van der Waals surface area contributed by atoms with Gasteiger partial charge in [-0.2, -0.15) is 0 Å². The SMILES string of the molecule is CCCC1(C)C(C(C)CC(C)NC2(C)CC(C)C(C)CC2C)C1C(OC)OC. The fraction of sp³-hybridized carbons (Fsp3) is 1.00. The lowest BCUT2D eigenvalue weighted by molar-refractivity contribution is -0.125. The van der Waals surface area contributed by atoms with Gasteiger partial charge in [0.25, 0.3) is 0 Å². The number of nitrogens with one attached hydrogen (secondary N) is 1. The Kier molecular flexibility index (Phi) is 8.07. The van der Waals surface area contributed by atoms with Gasteiger partial charge in [-0.15, -0.1) is 0 Å². The van der Waals surface area contributed by atoms with Gasteiger partial charge in [0.05, 0.1) is 0 Å². The van der Waals surface area contributed by atoms with Crippen molar-refractivity contribution in [2.45, 2.75) is 105 Å². The van der Waals surface area contributed by atoms with Crippen LogP contribution < -0.4 is 5.32 Å². The summed E-state index contributed by atoms with van der Waals surface area (Å²) in [7, 11) is 3.58. The van der Waals surface area contributed by atoms with Crippen LogP contribution in [-0.4, -0.2) is 32.1 Å². The van der Waals surface area contributed by atoms with Crippen LogP contribution in [0.25, 0.3) is 0 Å². The van der Waals surface area contributed by atoms with Crippen molar-refractivity contribution in [3.63, 3.8) is 0 Å². The predicted molar refractivity (Wildman–Crippen MR) is 119 cm³/mol. The zero-order valence-electron chi connectivity index (χ0n) is 20.5. The van der Waals surface area contributed by atoms with Gasteiger partial charge in [0.15, 0.2) is 6.29 Å².